The van der Waals surface area contributed by atoms with E-state index in [2.05, 4.69) is 15.9 Å². The molecule has 1 rings (SSSR count). The Hall–Kier alpha value is -0.690. The van der Waals surface area contributed by atoms with Gasteiger partial charge in [-0.2, -0.15) is 13.2 Å². The summed E-state index contributed by atoms with van der Waals surface area (Å²) in [5, 5.41) is 0. The van der Waals surface area contributed by atoms with Crippen molar-refractivity contribution in [3.8, 4) is 0 Å². The molecule has 0 aliphatic carbocycles. The quantitative estimate of drug-likeness (QED) is 0.836. The first kappa shape index (κ1) is 14.4. The molecular formula is C10H9BrF5N. The predicted molar refractivity (Wildman–Crippen MR) is 56.3 cm³/mol. The van der Waals surface area contributed by atoms with Crippen LogP contribution in [0.3, 0.4) is 0 Å². The number of benzene rings is 1. The third kappa shape index (κ3) is 4.23. The fourth-order valence-electron chi connectivity index (χ4n) is 1.37. The van der Waals surface area contributed by atoms with Crippen molar-refractivity contribution < 1.29 is 22.0 Å². The Balaban J connectivity index is 2.86. The summed E-state index contributed by atoms with van der Waals surface area (Å²) >= 11 is 2.87. The van der Waals surface area contributed by atoms with Crippen LogP contribution < -0.4 is 5.73 Å². The number of hydrogen-bond acceptors (Lipinski definition) is 1. The van der Waals surface area contributed by atoms with Gasteiger partial charge in [0.05, 0.1) is 0 Å². The Morgan fingerprint density at radius 3 is 2.06 bits per heavy atom. The van der Waals surface area contributed by atoms with Crippen molar-refractivity contribution >= 4 is 15.9 Å². The molecule has 1 atom stereocenters. The minimum atomic E-state index is -4.39. The number of nitrogens with two attached hydrogens (primary N) is 1. The zero-order valence-electron chi connectivity index (χ0n) is 8.49. The molecule has 0 radical (unpaired) electrons. The molecule has 0 spiro atoms. The molecular weight excluding hydrogens is 309 g/mol. The molecule has 1 nitrogen and oxygen atoms in total. The van der Waals surface area contributed by atoms with Crippen LogP contribution >= 0.6 is 15.9 Å². The number of rotatable bonds is 3. The van der Waals surface area contributed by atoms with Gasteiger partial charge in [-0.3, -0.25) is 0 Å². The van der Waals surface area contributed by atoms with Gasteiger partial charge < -0.3 is 5.73 Å². The Morgan fingerprint density at radius 2 is 1.65 bits per heavy atom. The standard InChI is InChI=1S/C10H9BrF5N/c11-5-3-6(12)9(7(13)4-5)8(17)1-2-10(14,15)16/h3-4,8H,1-2,17H2/t8-/m1/s1. The van der Waals surface area contributed by atoms with E-state index in [0.717, 1.165) is 12.1 Å². The zero-order valence-corrected chi connectivity index (χ0v) is 10.1. The van der Waals surface area contributed by atoms with Crippen LogP contribution in [0.5, 0.6) is 0 Å². The van der Waals surface area contributed by atoms with Crippen LogP contribution in [0.2, 0.25) is 0 Å². The lowest BCUT2D eigenvalue weighted by atomic mass is 10.0. The van der Waals surface area contributed by atoms with Crippen molar-refractivity contribution in [2.45, 2.75) is 25.1 Å². The van der Waals surface area contributed by atoms with Crippen molar-refractivity contribution in [1.82, 2.24) is 0 Å². The van der Waals surface area contributed by atoms with E-state index in [1.165, 1.54) is 0 Å². The highest BCUT2D eigenvalue weighted by Gasteiger charge is 2.29. The van der Waals surface area contributed by atoms with Crippen LogP contribution in [0, 0.1) is 11.6 Å². The second-order valence-electron chi connectivity index (χ2n) is 3.54. The van der Waals surface area contributed by atoms with Crippen molar-refractivity contribution in [1.29, 1.82) is 0 Å². The van der Waals surface area contributed by atoms with Gasteiger partial charge in [-0.25, -0.2) is 8.78 Å². The average molecular weight is 318 g/mol. The summed E-state index contributed by atoms with van der Waals surface area (Å²) < 4.78 is 62.7. The smallest absolute Gasteiger partial charge is 0.324 e. The Kier molecular flexibility index (Phi) is 4.48. The third-order valence-corrected chi connectivity index (χ3v) is 2.61. The Morgan fingerprint density at radius 1 is 1.18 bits per heavy atom. The number of alkyl halides is 3. The monoisotopic (exact) mass is 317 g/mol. The zero-order chi connectivity index (χ0) is 13.2. The summed E-state index contributed by atoms with van der Waals surface area (Å²) in [6.07, 6.45) is -6.12. The van der Waals surface area contributed by atoms with Crippen LogP contribution in [0.1, 0.15) is 24.4 Å². The van der Waals surface area contributed by atoms with E-state index in [1.54, 1.807) is 0 Å². The highest BCUT2D eigenvalue weighted by atomic mass is 79.9. The lowest BCUT2D eigenvalue weighted by Gasteiger charge is -2.15. The van der Waals surface area contributed by atoms with Gasteiger partial charge >= 0.3 is 6.18 Å². The summed E-state index contributed by atoms with van der Waals surface area (Å²) in [7, 11) is 0. The molecule has 17 heavy (non-hydrogen) atoms. The number of halogens is 6. The molecule has 0 aliphatic rings. The van der Waals surface area contributed by atoms with E-state index in [1.807, 2.05) is 0 Å². The van der Waals surface area contributed by atoms with Gasteiger partial charge in [0.25, 0.3) is 0 Å². The van der Waals surface area contributed by atoms with E-state index < -0.39 is 42.3 Å². The fourth-order valence-corrected chi connectivity index (χ4v) is 1.77. The Labute approximate surface area is 103 Å². The molecule has 7 heteroatoms. The van der Waals surface area contributed by atoms with Gasteiger partial charge in [0.1, 0.15) is 11.6 Å². The maximum absolute atomic E-state index is 13.4. The minimum Gasteiger partial charge on any atom is -0.324 e. The maximum Gasteiger partial charge on any atom is 0.389 e. The third-order valence-electron chi connectivity index (χ3n) is 2.15. The van der Waals surface area contributed by atoms with Crippen LogP contribution in [0.25, 0.3) is 0 Å². The summed E-state index contributed by atoms with van der Waals surface area (Å²) in [6, 6.07) is 0.613. The summed E-state index contributed by atoms with van der Waals surface area (Å²) in [4.78, 5) is 0. The van der Waals surface area contributed by atoms with Crippen molar-refractivity contribution in [3.05, 3.63) is 33.8 Å². The van der Waals surface area contributed by atoms with Crippen LogP contribution in [-0.2, 0) is 0 Å². The Bertz CT molecular complexity index is 381. The van der Waals surface area contributed by atoms with E-state index in [4.69, 9.17) is 5.73 Å². The molecule has 1 aromatic carbocycles. The van der Waals surface area contributed by atoms with Crippen LogP contribution in [-0.4, -0.2) is 6.18 Å². The molecule has 0 bridgehead atoms. The van der Waals surface area contributed by atoms with Gasteiger partial charge in [0, 0.05) is 22.5 Å². The molecule has 2 N–H and O–H groups in total. The lowest BCUT2D eigenvalue weighted by molar-refractivity contribution is -0.136. The lowest BCUT2D eigenvalue weighted by Crippen LogP contribution is -2.18. The summed E-state index contributed by atoms with van der Waals surface area (Å²) in [5.41, 5.74) is 4.84. The van der Waals surface area contributed by atoms with Gasteiger partial charge in [-0.1, -0.05) is 15.9 Å². The van der Waals surface area contributed by atoms with Crippen molar-refractivity contribution in [2.24, 2.45) is 5.73 Å². The molecule has 0 aromatic heterocycles. The van der Waals surface area contributed by atoms with E-state index in [9.17, 15) is 22.0 Å². The van der Waals surface area contributed by atoms with Crippen molar-refractivity contribution in [2.75, 3.05) is 0 Å². The van der Waals surface area contributed by atoms with Crippen LogP contribution in [0.4, 0.5) is 22.0 Å². The highest BCUT2D eigenvalue weighted by molar-refractivity contribution is 9.10. The second kappa shape index (κ2) is 5.30. The maximum atomic E-state index is 13.4. The van der Waals surface area contributed by atoms with Crippen LogP contribution in [0.15, 0.2) is 16.6 Å². The molecule has 1 aromatic rings. The van der Waals surface area contributed by atoms with E-state index in [-0.39, 0.29) is 4.47 Å². The van der Waals surface area contributed by atoms with Gasteiger partial charge in [-0.15, -0.1) is 0 Å². The van der Waals surface area contributed by atoms with Crippen molar-refractivity contribution in [3.63, 3.8) is 0 Å². The summed E-state index contributed by atoms with van der Waals surface area (Å²) in [5.74, 6) is -1.90. The van der Waals surface area contributed by atoms with E-state index in [0.29, 0.717) is 0 Å². The van der Waals surface area contributed by atoms with Gasteiger partial charge in [-0.05, 0) is 18.6 Å². The van der Waals surface area contributed by atoms with Gasteiger partial charge in [0.15, 0.2) is 0 Å². The first-order valence-electron chi connectivity index (χ1n) is 4.67. The minimum absolute atomic E-state index is 0.166. The molecule has 0 heterocycles. The average Bonchev–Trinajstić information content (AvgIpc) is 2.11. The topological polar surface area (TPSA) is 26.0 Å². The highest BCUT2D eigenvalue weighted by Crippen LogP contribution is 2.30. The molecule has 0 aliphatic heterocycles. The molecule has 0 amide bonds. The molecule has 0 fully saturated rings. The summed E-state index contributed by atoms with van der Waals surface area (Å²) in [6.45, 7) is 0. The predicted octanol–water partition coefficient (Wildman–Crippen LogP) is 4.07. The first-order valence-corrected chi connectivity index (χ1v) is 5.47. The largest absolute Gasteiger partial charge is 0.389 e. The fraction of sp³-hybridized carbons (Fsp3) is 0.400. The number of hydrogen-bond donors (Lipinski definition) is 1. The molecule has 96 valence electrons. The molecule has 0 saturated heterocycles. The molecule has 0 unspecified atom stereocenters. The second-order valence-corrected chi connectivity index (χ2v) is 4.46. The SMILES string of the molecule is N[C@H](CCC(F)(F)F)c1c(F)cc(Br)cc1F. The van der Waals surface area contributed by atoms with Gasteiger partial charge in [0.2, 0.25) is 0 Å². The molecule has 0 saturated carbocycles. The van der Waals surface area contributed by atoms with E-state index >= 15 is 0 Å². The normalized spacial score (nSPS) is 13.8. The first-order chi connectivity index (χ1) is 7.70.